The van der Waals surface area contributed by atoms with Crippen molar-refractivity contribution in [1.29, 1.82) is 10.5 Å². The van der Waals surface area contributed by atoms with Gasteiger partial charge in [-0.25, -0.2) is 0 Å². The number of nitrogens with zero attached hydrogens (tertiary/aromatic N) is 4. The van der Waals surface area contributed by atoms with Gasteiger partial charge in [0.15, 0.2) is 0 Å². The molecular weight excluding hydrogens is 244 g/mol. The predicted molar refractivity (Wildman–Crippen MR) is 69.5 cm³/mol. The highest BCUT2D eigenvalue weighted by atomic mass is 32.1. The highest BCUT2D eigenvalue weighted by Gasteiger charge is 2.10. The SMILES string of the molecule is N#CCC[C@@H](C#N)Cn1ccc(-c2cccs2)n1. The zero-order valence-corrected chi connectivity index (χ0v) is 10.6. The van der Waals surface area contributed by atoms with E-state index in [1.165, 1.54) is 0 Å². The third-order valence-electron chi connectivity index (χ3n) is 2.61. The van der Waals surface area contributed by atoms with Gasteiger partial charge in [-0.1, -0.05) is 6.07 Å². The molecule has 0 saturated heterocycles. The molecule has 0 fully saturated rings. The molecule has 0 aliphatic heterocycles. The van der Waals surface area contributed by atoms with E-state index in [-0.39, 0.29) is 5.92 Å². The molecule has 2 heterocycles. The summed E-state index contributed by atoms with van der Waals surface area (Å²) in [7, 11) is 0. The Hall–Kier alpha value is -2.11. The van der Waals surface area contributed by atoms with E-state index in [0.29, 0.717) is 19.4 Å². The summed E-state index contributed by atoms with van der Waals surface area (Å²) < 4.78 is 1.78. The van der Waals surface area contributed by atoms with Crippen LogP contribution in [0.25, 0.3) is 10.6 Å². The monoisotopic (exact) mass is 256 g/mol. The van der Waals surface area contributed by atoms with Crippen LogP contribution < -0.4 is 0 Å². The number of hydrogen-bond donors (Lipinski definition) is 0. The van der Waals surface area contributed by atoms with Crippen molar-refractivity contribution in [2.24, 2.45) is 5.92 Å². The van der Waals surface area contributed by atoms with Gasteiger partial charge in [-0.15, -0.1) is 11.3 Å². The Morgan fingerprint density at radius 2 is 2.28 bits per heavy atom. The Balaban J connectivity index is 2.03. The molecule has 0 aliphatic rings. The molecule has 0 amide bonds. The molecule has 4 nitrogen and oxygen atoms in total. The molecule has 0 unspecified atom stereocenters. The Kier molecular flexibility index (Phi) is 4.11. The van der Waals surface area contributed by atoms with Crippen LogP contribution in [-0.2, 0) is 6.54 Å². The van der Waals surface area contributed by atoms with Crippen LogP contribution in [0, 0.1) is 28.6 Å². The number of thiophene rings is 1. The van der Waals surface area contributed by atoms with Gasteiger partial charge in [0, 0.05) is 12.6 Å². The molecule has 2 aromatic rings. The fourth-order valence-corrected chi connectivity index (χ4v) is 2.37. The average Bonchev–Trinajstić information content (AvgIpc) is 3.04. The molecule has 2 aromatic heterocycles. The minimum atomic E-state index is -0.152. The van der Waals surface area contributed by atoms with Crippen molar-refractivity contribution in [2.45, 2.75) is 19.4 Å². The first-order valence-corrected chi connectivity index (χ1v) is 6.55. The largest absolute Gasteiger partial charge is 0.271 e. The highest BCUT2D eigenvalue weighted by molar-refractivity contribution is 7.13. The first-order chi connectivity index (χ1) is 8.83. The zero-order chi connectivity index (χ0) is 12.8. The first kappa shape index (κ1) is 12.3. The van der Waals surface area contributed by atoms with Crippen molar-refractivity contribution in [3.05, 3.63) is 29.8 Å². The lowest BCUT2D eigenvalue weighted by atomic mass is 10.1. The number of hydrogen-bond acceptors (Lipinski definition) is 4. The maximum Gasteiger partial charge on any atom is 0.102 e. The van der Waals surface area contributed by atoms with Gasteiger partial charge < -0.3 is 0 Å². The Morgan fingerprint density at radius 1 is 1.39 bits per heavy atom. The first-order valence-electron chi connectivity index (χ1n) is 5.67. The van der Waals surface area contributed by atoms with Gasteiger partial charge >= 0.3 is 0 Å². The van der Waals surface area contributed by atoms with Crippen molar-refractivity contribution < 1.29 is 0 Å². The molecular formula is C13H12N4S. The highest BCUT2D eigenvalue weighted by Crippen LogP contribution is 2.22. The number of nitriles is 2. The van der Waals surface area contributed by atoms with E-state index in [4.69, 9.17) is 10.5 Å². The topological polar surface area (TPSA) is 65.4 Å². The summed E-state index contributed by atoms with van der Waals surface area (Å²) in [6.45, 7) is 0.545. The quantitative estimate of drug-likeness (QED) is 0.825. The van der Waals surface area contributed by atoms with Gasteiger partial charge in [-0.3, -0.25) is 4.68 Å². The summed E-state index contributed by atoms with van der Waals surface area (Å²) in [5.74, 6) is -0.152. The van der Waals surface area contributed by atoms with E-state index in [1.807, 2.05) is 29.8 Å². The van der Waals surface area contributed by atoms with Gasteiger partial charge in [0.1, 0.15) is 5.69 Å². The van der Waals surface area contributed by atoms with Crippen molar-refractivity contribution in [1.82, 2.24) is 9.78 Å². The Morgan fingerprint density at radius 3 is 2.94 bits per heavy atom. The fraction of sp³-hybridized carbons (Fsp3) is 0.308. The molecule has 18 heavy (non-hydrogen) atoms. The van der Waals surface area contributed by atoms with Crippen LogP contribution in [0.1, 0.15) is 12.8 Å². The number of aromatic nitrogens is 2. The van der Waals surface area contributed by atoms with Crippen LogP contribution in [0.4, 0.5) is 0 Å². The molecule has 90 valence electrons. The summed E-state index contributed by atoms with van der Waals surface area (Å²) in [6, 6.07) is 10.2. The molecule has 0 spiro atoms. The Labute approximate surface area is 110 Å². The fourth-order valence-electron chi connectivity index (χ4n) is 1.68. The molecule has 0 bridgehead atoms. The van der Waals surface area contributed by atoms with E-state index in [9.17, 15) is 0 Å². The van der Waals surface area contributed by atoms with Gasteiger partial charge in [0.2, 0.25) is 0 Å². The lowest BCUT2D eigenvalue weighted by Gasteiger charge is -2.06. The second-order valence-electron chi connectivity index (χ2n) is 3.92. The second-order valence-corrected chi connectivity index (χ2v) is 4.87. The standard InChI is InChI=1S/C13H12N4S/c14-6-1-3-11(9-15)10-17-7-5-12(16-17)13-4-2-8-18-13/h2,4-5,7-8,11H,1,3,10H2/t11-/m0/s1. The van der Waals surface area contributed by atoms with E-state index < -0.39 is 0 Å². The van der Waals surface area contributed by atoms with Gasteiger partial charge in [-0.2, -0.15) is 15.6 Å². The summed E-state index contributed by atoms with van der Waals surface area (Å²) in [5.41, 5.74) is 0.932. The molecule has 2 rings (SSSR count). The molecule has 0 aliphatic carbocycles. The maximum atomic E-state index is 9.01. The lowest BCUT2D eigenvalue weighted by molar-refractivity contribution is 0.477. The summed E-state index contributed by atoms with van der Waals surface area (Å²) >= 11 is 1.64. The summed E-state index contributed by atoms with van der Waals surface area (Å²) in [6.07, 6.45) is 2.89. The minimum absolute atomic E-state index is 0.152. The van der Waals surface area contributed by atoms with Crippen LogP contribution in [0.15, 0.2) is 29.8 Å². The van der Waals surface area contributed by atoms with Gasteiger partial charge in [0.25, 0.3) is 0 Å². The second kappa shape index (κ2) is 6.00. The zero-order valence-electron chi connectivity index (χ0n) is 9.78. The van der Waals surface area contributed by atoms with E-state index in [0.717, 1.165) is 10.6 Å². The third-order valence-corrected chi connectivity index (χ3v) is 3.50. The van der Waals surface area contributed by atoms with E-state index in [1.54, 1.807) is 16.0 Å². The van der Waals surface area contributed by atoms with Crippen molar-refractivity contribution in [3.63, 3.8) is 0 Å². The van der Waals surface area contributed by atoms with E-state index >= 15 is 0 Å². The van der Waals surface area contributed by atoms with Gasteiger partial charge in [0.05, 0.1) is 29.5 Å². The van der Waals surface area contributed by atoms with Crippen molar-refractivity contribution in [2.75, 3.05) is 0 Å². The van der Waals surface area contributed by atoms with Crippen molar-refractivity contribution >= 4 is 11.3 Å². The minimum Gasteiger partial charge on any atom is -0.271 e. The van der Waals surface area contributed by atoms with Gasteiger partial charge in [-0.05, 0) is 23.9 Å². The smallest absolute Gasteiger partial charge is 0.102 e. The normalized spacial score (nSPS) is 11.7. The van der Waals surface area contributed by atoms with Crippen LogP contribution in [0.5, 0.6) is 0 Å². The Bertz CT molecular complexity index is 571. The molecule has 0 aromatic carbocycles. The molecule has 0 saturated carbocycles. The van der Waals surface area contributed by atoms with Crippen LogP contribution >= 0.6 is 11.3 Å². The van der Waals surface area contributed by atoms with Crippen molar-refractivity contribution in [3.8, 4) is 22.7 Å². The van der Waals surface area contributed by atoms with E-state index in [2.05, 4.69) is 17.2 Å². The molecule has 0 radical (unpaired) electrons. The van der Waals surface area contributed by atoms with Crippen LogP contribution in [0.3, 0.4) is 0 Å². The molecule has 0 N–H and O–H groups in total. The maximum absolute atomic E-state index is 9.01. The number of rotatable bonds is 5. The summed E-state index contributed by atoms with van der Waals surface area (Å²) in [5, 5.41) is 24.0. The van der Waals surface area contributed by atoms with Crippen LogP contribution in [-0.4, -0.2) is 9.78 Å². The lowest BCUT2D eigenvalue weighted by Crippen LogP contribution is -2.09. The molecule has 5 heteroatoms. The molecule has 1 atom stereocenters. The average molecular weight is 256 g/mol. The third kappa shape index (κ3) is 2.97. The summed E-state index contributed by atoms with van der Waals surface area (Å²) in [4.78, 5) is 1.12. The predicted octanol–water partition coefficient (Wildman–Crippen LogP) is 3.06. The van der Waals surface area contributed by atoms with Crippen LogP contribution in [0.2, 0.25) is 0 Å².